The van der Waals surface area contributed by atoms with Gasteiger partial charge in [-0.15, -0.1) is 11.3 Å². The molecule has 0 atom stereocenters. The summed E-state index contributed by atoms with van der Waals surface area (Å²) < 4.78 is 1.40. The summed E-state index contributed by atoms with van der Waals surface area (Å²) in [5, 5.41) is 12.2. The maximum Gasteiger partial charge on any atom is 0.262 e. The fourth-order valence-electron chi connectivity index (χ4n) is 2.44. The number of benzene rings is 1. The molecular formula is C17H14N4O2S. The first-order chi connectivity index (χ1) is 11.5. The molecule has 7 heteroatoms. The first-order valence-corrected chi connectivity index (χ1v) is 8.05. The Balaban J connectivity index is 1.87. The van der Waals surface area contributed by atoms with Crippen LogP contribution in [-0.2, 0) is 13.6 Å². The average Bonchev–Trinajstić information content (AvgIpc) is 2.93. The SMILES string of the molecule is Cc1c(C(=O)NCc2cccc(C#N)c2)sc2ncn(C)c(=O)c12. The third-order valence-corrected chi connectivity index (χ3v) is 4.92. The number of carbonyl (C=O) groups is 1. The molecule has 2 heterocycles. The highest BCUT2D eigenvalue weighted by Gasteiger charge is 2.18. The number of amides is 1. The lowest BCUT2D eigenvalue weighted by atomic mass is 10.1. The van der Waals surface area contributed by atoms with E-state index in [9.17, 15) is 9.59 Å². The number of nitrogens with zero attached hydrogens (tertiary/aromatic N) is 3. The fraction of sp³-hybridized carbons (Fsp3) is 0.176. The van der Waals surface area contributed by atoms with Crippen LogP contribution in [0.25, 0.3) is 10.2 Å². The Morgan fingerprint density at radius 3 is 3.00 bits per heavy atom. The molecule has 0 bridgehead atoms. The number of thiophene rings is 1. The van der Waals surface area contributed by atoms with Gasteiger partial charge in [0, 0.05) is 13.6 Å². The van der Waals surface area contributed by atoms with E-state index in [0.717, 1.165) is 5.56 Å². The van der Waals surface area contributed by atoms with E-state index in [1.807, 2.05) is 6.07 Å². The minimum absolute atomic E-state index is 0.158. The lowest BCUT2D eigenvalue weighted by Crippen LogP contribution is -2.23. The zero-order chi connectivity index (χ0) is 17.3. The van der Waals surface area contributed by atoms with E-state index in [1.165, 1.54) is 22.2 Å². The topological polar surface area (TPSA) is 87.8 Å². The molecular weight excluding hydrogens is 324 g/mol. The molecule has 2 aromatic heterocycles. The smallest absolute Gasteiger partial charge is 0.262 e. The van der Waals surface area contributed by atoms with Crippen LogP contribution in [0.5, 0.6) is 0 Å². The van der Waals surface area contributed by atoms with Gasteiger partial charge in [-0.3, -0.25) is 9.59 Å². The number of rotatable bonds is 3. The summed E-state index contributed by atoms with van der Waals surface area (Å²) in [6.45, 7) is 2.07. The van der Waals surface area contributed by atoms with Crippen molar-refractivity contribution in [3.8, 4) is 6.07 Å². The van der Waals surface area contributed by atoms with E-state index in [2.05, 4.69) is 16.4 Å². The number of carbonyl (C=O) groups excluding carboxylic acids is 1. The largest absolute Gasteiger partial charge is 0.347 e. The number of fused-ring (bicyclic) bond motifs is 1. The summed E-state index contributed by atoms with van der Waals surface area (Å²) in [6.07, 6.45) is 1.45. The van der Waals surface area contributed by atoms with Crippen LogP contribution in [0, 0.1) is 18.3 Å². The molecule has 0 fully saturated rings. The summed E-state index contributed by atoms with van der Waals surface area (Å²) >= 11 is 1.21. The molecule has 0 aliphatic carbocycles. The quantitative estimate of drug-likeness (QED) is 0.792. The predicted octanol–water partition coefficient (Wildman–Crippen LogP) is 2.11. The Bertz CT molecular complexity index is 1040. The third kappa shape index (κ3) is 2.79. The molecule has 0 spiro atoms. The van der Waals surface area contributed by atoms with Gasteiger partial charge in [0.1, 0.15) is 4.83 Å². The summed E-state index contributed by atoms with van der Waals surface area (Å²) in [6, 6.07) is 9.13. The molecule has 0 saturated carbocycles. The molecule has 0 radical (unpaired) electrons. The van der Waals surface area contributed by atoms with Crippen molar-refractivity contribution in [2.75, 3.05) is 0 Å². The molecule has 0 unspecified atom stereocenters. The summed E-state index contributed by atoms with van der Waals surface area (Å²) in [5.41, 5.74) is 1.88. The third-order valence-electron chi connectivity index (χ3n) is 3.73. The Morgan fingerprint density at radius 1 is 1.46 bits per heavy atom. The second kappa shape index (κ2) is 6.26. The van der Waals surface area contributed by atoms with Crippen LogP contribution in [0.2, 0.25) is 0 Å². The molecule has 120 valence electrons. The van der Waals surface area contributed by atoms with E-state index < -0.39 is 0 Å². The van der Waals surface area contributed by atoms with Gasteiger partial charge in [-0.2, -0.15) is 5.26 Å². The highest BCUT2D eigenvalue weighted by Crippen LogP contribution is 2.26. The Hall–Kier alpha value is -2.98. The van der Waals surface area contributed by atoms with Gasteiger partial charge >= 0.3 is 0 Å². The number of hydrogen-bond donors (Lipinski definition) is 1. The predicted molar refractivity (Wildman–Crippen MR) is 91.9 cm³/mol. The van der Waals surface area contributed by atoms with Crippen LogP contribution in [0.3, 0.4) is 0 Å². The molecule has 1 N–H and O–H groups in total. The van der Waals surface area contributed by atoms with Gasteiger partial charge in [0.25, 0.3) is 11.5 Å². The molecule has 0 saturated heterocycles. The Labute approximate surface area is 142 Å². The van der Waals surface area contributed by atoms with Gasteiger partial charge in [-0.05, 0) is 30.2 Å². The highest BCUT2D eigenvalue weighted by molar-refractivity contribution is 7.20. The number of nitrogens with one attached hydrogen (secondary N) is 1. The normalized spacial score (nSPS) is 10.5. The van der Waals surface area contributed by atoms with Crippen LogP contribution < -0.4 is 10.9 Å². The maximum absolute atomic E-state index is 12.5. The van der Waals surface area contributed by atoms with Crippen molar-refractivity contribution in [1.82, 2.24) is 14.9 Å². The first-order valence-electron chi connectivity index (χ1n) is 7.23. The molecule has 0 aliphatic heterocycles. The number of aryl methyl sites for hydroxylation is 2. The Morgan fingerprint density at radius 2 is 2.25 bits per heavy atom. The molecule has 3 rings (SSSR count). The minimum atomic E-state index is -0.250. The summed E-state index contributed by atoms with van der Waals surface area (Å²) in [4.78, 5) is 29.9. The van der Waals surface area contributed by atoms with Crippen LogP contribution >= 0.6 is 11.3 Å². The number of hydrogen-bond acceptors (Lipinski definition) is 5. The van der Waals surface area contributed by atoms with Crippen molar-refractivity contribution in [2.45, 2.75) is 13.5 Å². The van der Waals surface area contributed by atoms with Gasteiger partial charge in [-0.1, -0.05) is 12.1 Å². The molecule has 1 aromatic carbocycles. The van der Waals surface area contributed by atoms with Crippen molar-refractivity contribution >= 4 is 27.5 Å². The van der Waals surface area contributed by atoms with Gasteiger partial charge in [0.05, 0.1) is 28.2 Å². The summed E-state index contributed by atoms with van der Waals surface area (Å²) in [5.74, 6) is -0.250. The van der Waals surface area contributed by atoms with Gasteiger partial charge < -0.3 is 9.88 Å². The monoisotopic (exact) mass is 338 g/mol. The second-order valence-corrected chi connectivity index (χ2v) is 6.39. The molecule has 0 aliphatic rings. The number of nitriles is 1. The number of aromatic nitrogens is 2. The van der Waals surface area contributed by atoms with Crippen LogP contribution in [0.1, 0.15) is 26.4 Å². The van der Waals surface area contributed by atoms with Crippen molar-refractivity contribution in [1.29, 1.82) is 5.26 Å². The van der Waals surface area contributed by atoms with Crippen molar-refractivity contribution < 1.29 is 4.79 Å². The zero-order valence-electron chi connectivity index (χ0n) is 13.2. The molecule has 1 amide bonds. The lowest BCUT2D eigenvalue weighted by molar-refractivity contribution is 0.0954. The molecule has 24 heavy (non-hydrogen) atoms. The van der Waals surface area contributed by atoms with E-state index in [1.54, 1.807) is 32.2 Å². The van der Waals surface area contributed by atoms with Gasteiger partial charge in [0.15, 0.2) is 0 Å². The summed E-state index contributed by atoms with van der Waals surface area (Å²) in [7, 11) is 1.63. The fourth-order valence-corrected chi connectivity index (χ4v) is 3.49. The van der Waals surface area contributed by atoms with E-state index in [4.69, 9.17) is 5.26 Å². The standard InChI is InChI=1S/C17H14N4O2S/c1-10-13-16(20-9-21(2)17(13)23)24-14(10)15(22)19-8-12-5-3-4-11(6-12)7-18/h3-6,9H,8H2,1-2H3,(H,19,22). The van der Waals surface area contributed by atoms with Gasteiger partial charge in [-0.25, -0.2) is 4.98 Å². The van der Waals surface area contributed by atoms with Crippen LogP contribution in [-0.4, -0.2) is 15.5 Å². The maximum atomic E-state index is 12.5. The van der Waals surface area contributed by atoms with E-state index in [0.29, 0.717) is 32.8 Å². The van der Waals surface area contributed by atoms with Crippen molar-refractivity contribution in [3.05, 3.63) is 62.5 Å². The zero-order valence-corrected chi connectivity index (χ0v) is 14.0. The van der Waals surface area contributed by atoms with E-state index in [-0.39, 0.29) is 11.5 Å². The first kappa shape index (κ1) is 15.9. The van der Waals surface area contributed by atoms with Crippen molar-refractivity contribution in [3.63, 3.8) is 0 Å². The van der Waals surface area contributed by atoms with Crippen LogP contribution in [0.4, 0.5) is 0 Å². The van der Waals surface area contributed by atoms with Crippen LogP contribution in [0.15, 0.2) is 35.4 Å². The average molecular weight is 338 g/mol. The second-order valence-electron chi connectivity index (χ2n) is 5.39. The molecule has 3 aromatic rings. The highest BCUT2D eigenvalue weighted by atomic mass is 32.1. The minimum Gasteiger partial charge on any atom is -0.347 e. The molecule has 6 nitrogen and oxygen atoms in total. The van der Waals surface area contributed by atoms with Crippen molar-refractivity contribution in [2.24, 2.45) is 7.05 Å². The lowest BCUT2D eigenvalue weighted by Gasteiger charge is -2.05. The van der Waals surface area contributed by atoms with Gasteiger partial charge in [0.2, 0.25) is 0 Å². The Kier molecular flexibility index (Phi) is 4.15. The van der Waals surface area contributed by atoms with E-state index >= 15 is 0 Å².